The molecule has 0 aliphatic rings. The first-order valence-corrected chi connectivity index (χ1v) is 6.60. The molecule has 0 aliphatic heterocycles. The first-order chi connectivity index (χ1) is 10.3. The quantitative estimate of drug-likeness (QED) is 0.583. The van der Waals surface area contributed by atoms with Crippen LogP contribution in [-0.2, 0) is 0 Å². The molecule has 3 aromatic rings. The van der Waals surface area contributed by atoms with Crippen molar-refractivity contribution in [2.75, 3.05) is 0 Å². The second kappa shape index (κ2) is 5.59. The summed E-state index contributed by atoms with van der Waals surface area (Å²) in [7, 11) is 0. The summed E-state index contributed by atoms with van der Waals surface area (Å²) in [5.74, 6) is -0.0361. The molecule has 0 radical (unpaired) electrons. The van der Waals surface area contributed by atoms with Gasteiger partial charge in [0.1, 0.15) is 11.3 Å². The van der Waals surface area contributed by atoms with Crippen LogP contribution in [0.5, 0.6) is 5.75 Å². The Morgan fingerprint density at radius 1 is 1.00 bits per heavy atom. The Morgan fingerprint density at radius 2 is 1.81 bits per heavy atom. The summed E-state index contributed by atoms with van der Waals surface area (Å²) >= 11 is 0. The molecule has 3 nitrogen and oxygen atoms in total. The molecule has 0 saturated carbocycles. The Labute approximate surface area is 122 Å². The van der Waals surface area contributed by atoms with E-state index < -0.39 is 0 Å². The van der Waals surface area contributed by atoms with E-state index in [4.69, 9.17) is 0 Å². The predicted molar refractivity (Wildman–Crippen MR) is 83.2 cm³/mol. The van der Waals surface area contributed by atoms with Gasteiger partial charge in [-0.2, -0.15) is 0 Å². The highest BCUT2D eigenvalue weighted by molar-refractivity contribution is 6.15. The SMILES string of the molecule is O=C(C=Cc1ccccc1)c1ccc(O)c2ncccc12. The van der Waals surface area contributed by atoms with Crippen LogP contribution in [0.1, 0.15) is 15.9 Å². The van der Waals surface area contributed by atoms with Gasteiger partial charge in [-0.1, -0.05) is 42.5 Å². The van der Waals surface area contributed by atoms with Gasteiger partial charge in [0, 0.05) is 17.1 Å². The van der Waals surface area contributed by atoms with E-state index in [2.05, 4.69) is 4.98 Å². The number of benzene rings is 2. The van der Waals surface area contributed by atoms with Gasteiger partial charge in [0.25, 0.3) is 0 Å². The van der Waals surface area contributed by atoms with Crippen molar-refractivity contribution in [3.05, 3.63) is 78.0 Å². The van der Waals surface area contributed by atoms with Crippen molar-refractivity contribution >= 4 is 22.8 Å². The number of hydrogen-bond donors (Lipinski definition) is 1. The van der Waals surface area contributed by atoms with Crippen molar-refractivity contribution in [3.8, 4) is 5.75 Å². The van der Waals surface area contributed by atoms with Crippen molar-refractivity contribution in [2.24, 2.45) is 0 Å². The fourth-order valence-electron chi connectivity index (χ4n) is 2.20. The lowest BCUT2D eigenvalue weighted by atomic mass is 10.0. The van der Waals surface area contributed by atoms with Gasteiger partial charge < -0.3 is 5.11 Å². The third-order valence-corrected chi connectivity index (χ3v) is 3.24. The van der Waals surface area contributed by atoms with Crippen LogP contribution in [0.3, 0.4) is 0 Å². The van der Waals surface area contributed by atoms with Crippen molar-refractivity contribution in [1.82, 2.24) is 4.98 Å². The number of fused-ring (bicyclic) bond motifs is 1. The van der Waals surface area contributed by atoms with Crippen molar-refractivity contribution in [1.29, 1.82) is 0 Å². The highest BCUT2D eigenvalue weighted by Crippen LogP contribution is 2.26. The Balaban J connectivity index is 1.99. The van der Waals surface area contributed by atoms with Crippen molar-refractivity contribution in [2.45, 2.75) is 0 Å². The normalized spacial score (nSPS) is 11.0. The molecule has 0 saturated heterocycles. The maximum atomic E-state index is 12.3. The molecule has 21 heavy (non-hydrogen) atoms. The van der Waals surface area contributed by atoms with E-state index in [1.54, 1.807) is 30.5 Å². The average Bonchev–Trinajstić information content (AvgIpc) is 2.54. The number of pyridine rings is 1. The number of phenols is 1. The van der Waals surface area contributed by atoms with Crippen LogP contribution >= 0.6 is 0 Å². The number of carbonyl (C=O) groups excluding carboxylic acids is 1. The van der Waals surface area contributed by atoms with Gasteiger partial charge in [0.2, 0.25) is 0 Å². The minimum Gasteiger partial charge on any atom is -0.506 e. The van der Waals surface area contributed by atoms with Crippen LogP contribution in [0.4, 0.5) is 0 Å². The van der Waals surface area contributed by atoms with E-state index in [0.29, 0.717) is 16.5 Å². The Morgan fingerprint density at radius 3 is 2.62 bits per heavy atom. The summed E-state index contributed by atoms with van der Waals surface area (Å²) in [4.78, 5) is 16.5. The molecule has 1 aromatic heterocycles. The number of allylic oxidation sites excluding steroid dienone is 1. The van der Waals surface area contributed by atoms with Gasteiger partial charge in [0.15, 0.2) is 5.78 Å². The maximum Gasteiger partial charge on any atom is 0.186 e. The molecule has 0 spiro atoms. The number of aromatic nitrogens is 1. The molecule has 3 heteroatoms. The second-order valence-electron chi connectivity index (χ2n) is 4.64. The summed E-state index contributed by atoms with van der Waals surface area (Å²) in [6.07, 6.45) is 4.90. The molecule has 1 N–H and O–H groups in total. The van der Waals surface area contributed by atoms with E-state index in [-0.39, 0.29) is 11.5 Å². The van der Waals surface area contributed by atoms with E-state index in [9.17, 15) is 9.90 Å². The zero-order valence-electron chi connectivity index (χ0n) is 11.2. The number of carbonyl (C=O) groups is 1. The number of nitrogens with zero attached hydrogens (tertiary/aromatic N) is 1. The molecule has 102 valence electrons. The van der Waals surface area contributed by atoms with Crippen LogP contribution in [0.25, 0.3) is 17.0 Å². The van der Waals surface area contributed by atoms with E-state index >= 15 is 0 Å². The van der Waals surface area contributed by atoms with Gasteiger partial charge in [-0.05, 0) is 29.8 Å². The maximum absolute atomic E-state index is 12.3. The molecule has 0 amide bonds. The number of hydrogen-bond acceptors (Lipinski definition) is 3. The van der Waals surface area contributed by atoms with E-state index in [1.807, 2.05) is 30.3 Å². The minimum atomic E-state index is -0.114. The molecular weight excluding hydrogens is 262 g/mol. The van der Waals surface area contributed by atoms with Gasteiger partial charge in [-0.3, -0.25) is 9.78 Å². The summed E-state index contributed by atoms with van der Waals surface area (Å²) in [5, 5.41) is 10.4. The van der Waals surface area contributed by atoms with Crippen molar-refractivity contribution in [3.63, 3.8) is 0 Å². The number of aromatic hydroxyl groups is 1. The van der Waals surface area contributed by atoms with Crippen LogP contribution in [0, 0.1) is 0 Å². The molecular formula is C18H13NO2. The monoisotopic (exact) mass is 275 g/mol. The third-order valence-electron chi connectivity index (χ3n) is 3.24. The molecule has 0 unspecified atom stereocenters. The third kappa shape index (κ3) is 2.67. The number of phenolic OH excluding ortho intramolecular Hbond substituents is 1. The second-order valence-corrected chi connectivity index (χ2v) is 4.64. The summed E-state index contributed by atoms with van der Waals surface area (Å²) in [6, 6.07) is 16.3. The number of ketones is 1. The molecule has 3 rings (SSSR count). The number of rotatable bonds is 3. The molecule has 0 bridgehead atoms. The molecule has 0 atom stereocenters. The highest BCUT2D eigenvalue weighted by atomic mass is 16.3. The van der Waals surface area contributed by atoms with E-state index in [1.165, 1.54) is 12.1 Å². The Bertz CT molecular complexity index is 823. The summed E-state index contributed by atoms with van der Waals surface area (Å²) in [6.45, 7) is 0. The van der Waals surface area contributed by atoms with Crippen LogP contribution in [-0.4, -0.2) is 15.9 Å². The van der Waals surface area contributed by atoms with Gasteiger partial charge in [-0.15, -0.1) is 0 Å². The van der Waals surface area contributed by atoms with Gasteiger partial charge in [-0.25, -0.2) is 0 Å². The first kappa shape index (κ1) is 13.1. The zero-order chi connectivity index (χ0) is 14.7. The smallest absolute Gasteiger partial charge is 0.186 e. The lowest BCUT2D eigenvalue weighted by Crippen LogP contribution is -1.96. The fraction of sp³-hybridized carbons (Fsp3) is 0. The average molecular weight is 275 g/mol. The predicted octanol–water partition coefficient (Wildman–Crippen LogP) is 3.84. The first-order valence-electron chi connectivity index (χ1n) is 6.60. The van der Waals surface area contributed by atoms with Crippen LogP contribution in [0.15, 0.2) is 66.9 Å². The Hall–Kier alpha value is -2.94. The topological polar surface area (TPSA) is 50.2 Å². The highest BCUT2D eigenvalue weighted by Gasteiger charge is 2.10. The molecule has 0 fully saturated rings. The largest absolute Gasteiger partial charge is 0.506 e. The molecule has 2 aromatic carbocycles. The fourth-order valence-corrected chi connectivity index (χ4v) is 2.20. The lowest BCUT2D eigenvalue weighted by molar-refractivity contribution is 0.104. The van der Waals surface area contributed by atoms with E-state index in [0.717, 1.165) is 5.56 Å². The molecule has 0 aliphatic carbocycles. The van der Waals surface area contributed by atoms with Crippen molar-refractivity contribution < 1.29 is 9.90 Å². The van der Waals surface area contributed by atoms with Gasteiger partial charge >= 0.3 is 0 Å². The zero-order valence-corrected chi connectivity index (χ0v) is 11.2. The van der Waals surface area contributed by atoms with Crippen LogP contribution in [0.2, 0.25) is 0 Å². The standard InChI is InChI=1S/C18H13NO2/c20-16(10-8-13-5-2-1-3-6-13)14-9-11-17(21)18-15(14)7-4-12-19-18/h1-12,21H. The summed E-state index contributed by atoms with van der Waals surface area (Å²) in [5.41, 5.74) is 1.94. The van der Waals surface area contributed by atoms with Crippen LogP contribution < -0.4 is 0 Å². The minimum absolute atomic E-state index is 0.0780. The van der Waals surface area contributed by atoms with Gasteiger partial charge in [0.05, 0.1) is 0 Å². The lowest BCUT2D eigenvalue weighted by Gasteiger charge is -2.04. The Kier molecular flexibility index (Phi) is 3.48. The summed E-state index contributed by atoms with van der Waals surface area (Å²) < 4.78 is 0. The molecule has 1 heterocycles.